The molecule has 0 amide bonds. The molecule has 1 aromatic heterocycles. The van der Waals surface area contributed by atoms with Crippen molar-refractivity contribution < 1.29 is 9.15 Å². The summed E-state index contributed by atoms with van der Waals surface area (Å²) < 4.78 is 14.6. The Morgan fingerprint density at radius 2 is 0.877 bits per heavy atom. The second-order valence-electron chi connectivity index (χ2n) is 22.4. The molecule has 11 aromatic rings. The minimum Gasteiger partial charge on any atom is -0.454 e. The van der Waals surface area contributed by atoms with E-state index in [-0.39, 0.29) is 10.8 Å². The van der Waals surface area contributed by atoms with Crippen LogP contribution in [-0.4, -0.2) is 0 Å². The van der Waals surface area contributed by atoms with Crippen LogP contribution in [0, 0.1) is 0 Å². The lowest BCUT2D eigenvalue weighted by atomic mass is 9.64. The smallest absolute Gasteiger partial charge is 0.159 e. The molecule has 0 N–H and O–H groups in total. The van der Waals surface area contributed by atoms with Gasteiger partial charge in [-0.1, -0.05) is 230 Å². The predicted octanol–water partition coefficient (Wildman–Crippen LogP) is 18.5. The topological polar surface area (TPSA) is 25.6 Å². The Morgan fingerprint density at radius 3 is 1.55 bits per heavy atom. The van der Waals surface area contributed by atoms with E-state index in [1.165, 1.54) is 66.8 Å². The molecule has 73 heavy (non-hydrogen) atoms. The van der Waals surface area contributed by atoms with Crippen molar-refractivity contribution in [2.24, 2.45) is 0 Å². The van der Waals surface area contributed by atoms with Gasteiger partial charge < -0.3 is 14.1 Å². The van der Waals surface area contributed by atoms with Gasteiger partial charge in [0.05, 0.1) is 22.2 Å². The molecule has 352 valence electrons. The van der Waals surface area contributed by atoms with Crippen LogP contribution in [0.2, 0.25) is 0 Å². The number of hydrogen-bond acceptors (Lipinski definition) is 3. The molecule has 3 heteroatoms. The lowest BCUT2D eigenvalue weighted by Gasteiger charge is -2.42. The SMILES string of the molecule is CC(C)(C)c1ccc2c(c1)C1(c3ccccc3Oc3c(N(c4ccc5c(c4)C(c4ccccc4)(c4ccccc4)c4ccccc4-5)c4cccc5c4oc4ccccc45)cccc31)c1cc(C(C)(C)C)ccc1-2. The van der Waals surface area contributed by atoms with Crippen LogP contribution in [-0.2, 0) is 21.7 Å². The first kappa shape index (κ1) is 43.4. The van der Waals surface area contributed by atoms with Gasteiger partial charge in [0.25, 0.3) is 0 Å². The second kappa shape index (κ2) is 15.6. The molecular weight excluding hydrogens is 887 g/mol. The van der Waals surface area contributed by atoms with Crippen molar-refractivity contribution in [1.29, 1.82) is 0 Å². The summed E-state index contributed by atoms with van der Waals surface area (Å²) in [6.45, 7) is 13.9. The predicted molar refractivity (Wildman–Crippen MR) is 300 cm³/mol. The fourth-order valence-electron chi connectivity index (χ4n) is 12.9. The molecule has 0 saturated carbocycles. The Bertz CT molecular complexity index is 3930. The van der Waals surface area contributed by atoms with Crippen molar-refractivity contribution in [1.82, 2.24) is 0 Å². The fraction of sp³-hybridized carbons (Fsp3) is 0.143. The van der Waals surface area contributed by atoms with Crippen LogP contribution in [0.5, 0.6) is 11.5 Å². The van der Waals surface area contributed by atoms with Crippen molar-refractivity contribution >= 4 is 39.0 Å². The van der Waals surface area contributed by atoms with E-state index >= 15 is 0 Å². The van der Waals surface area contributed by atoms with E-state index in [2.05, 4.69) is 271 Å². The van der Waals surface area contributed by atoms with Crippen molar-refractivity contribution in [2.45, 2.75) is 63.2 Å². The van der Waals surface area contributed by atoms with E-state index < -0.39 is 10.8 Å². The Balaban J connectivity index is 1.10. The zero-order chi connectivity index (χ0) is 49.4. The fourth-order valence-corrected chi connectivity index (χ4v) is 12.9. The van der Waals surface area contributed by atoms with Crippen molar-refractivity contribution in [3.05, 3.63) is 280 Å². The van der Waals surface area contributed by atoms with Gasteiger partial charge in [-0.05, 0) is 114 Å². The Kier molecular flexibility index (Phi) is 9.24. The van der Waals surface area contributed by atoms with Crippen LogP contribution in [0.25, 0.3) is 44.2 Å². The lowest BCUT2D eigenvalue weighted by molar-refractivity contribution is 0.437. The summed E-state index contributed by atoms with van der Waals surface area (Å²) in [5.41, 5.74) is 20.4. The van der Waals surface area contributed by atoms with Crippen molar-refractivity contribution in [3.8, 4) is 33.8 Å². The van der Waals surface area contributed by atoms with E-state index in [4.69, 9.17) is 9.15 Å². The number of fused-ring (bicyclic) bond motifs is 15. The minimum absolute atomic E-state index is 0.0824. The molecule has 0 radical (unpaired) electrons. The molecule has 0 saturated heterocycles. The first-order valence-electron chi connectivity index (χ1n) is 25.7. The highest BCUT2D eigenvalue weighted by atomic mass is 16.5. The molecule has 0 atom stereocenters. The van der Waals surface area contributed by atoms with Gasteiger partial charge >= 0.3 is 0 Å². The number of rotatable bonds is 5. The minimum atomic E-state index is -0.709. The molecule has 2 heterocycles. The molecule has 1 spiro atoms. The first-order valence-corrected chi connectivity index (χ1v) is 25.7. The molecule has 0 fully saturated rings. The van der Waals surface area contributed by atoms with E-state index in [0.717, 1.165) is 61.6 Å². The van der Waals surface area contributed by atoms with Crippen LogP contribution in [0.1, 0.15) is 97.2 Å². The summed E-state index contributed by atoms with van der Waals surface area (Å²) in [6.07, 6.45) is 0. The summed E-state index contributed by atoms with van der Waals surface area (Å²) in [5.74, 6) is 1.67. The highest BCUT2D eigenvalue weighted by Crippen LogP contribution is 2.65. The molecular formula is C70H55NO2. The van der Waals surface area contributed by atoms with Gasteiger partial charge in [-0.25, -0.2) is 0 Å². The molecule has 3 aliphatic rings. The molecule has 1 aliphatic heterocycles. The maximum Gasteiger partial charge on any atom is 0.159 e. The van der Waals surface area contributed by atoms with E-state index in [0.29, 0.717) is 0 Å². The molecule has 0 bridgehead atoms. The summed E-state index contributed by atoms with van der Waals surface area (Å²) in [6, 6.07) is 83.2. The van der Waals surface area contributed by atoms with Gasteiger partial charge in [0.1, 0.15) is 11.3 Å². The zero-order valence-electron chi connectivity index (χ0n) is 42.1. The Morgan fingerprint density at radius 1 is 0.370 bits per heavy atom. The normalized spacial score (nSPS) is 14.5. The van der Waals surface area contributed by atoms with Crippen LogP contribution in [0.4, 0.5) is 17.1 Å². The standard InChI is InChI=1S/C70H55NO2/c1-67(2,3)46-35-38-50-51-39-36-47(68(4,5)6)42-59(51)70(58(50)41-46)56-29-16-18-34-64(56)73-66-57(70)30-20-32-62(66)71(61-31-19-27-54-53-26-14-17-33-63(53)72-65(54)61)48-37-40-52-49-25-13-15-28-55(49)69(60(52)43-48,44-21-9-7-10-22-44)45-23-11-8-12-24-45/h7-43H,1-6H3. The summed E-state index contributed by atoms with van der Waals surface area (Å²) in [7, 11) is 0. The maximum atomic E-state index is 7.57. The highest BCUT2D eigenvalue weighted by molar-refractivity contribution is 6.11. The van der Waals surface area contributed by atoms with Gasteiger partial charge in [-0.15, -0.1) is 0 Å². The van der Waals surface area contributed by atoms with Gasteiger partial charge in [0.15, 0.2) is 11.3 Å². The van der Waals surface area contributed by atoms with E-state index in [1.54, 1.807) is 0 Å². The molecule has 14 rings (SSSR count). The van der Waals surface area contributed by atoms with Crippen LogP contribution in [0.15, 0.2) is 229 Å². The van der Waals surface area contributed by atoms with Gasteiger partial charge in [0, 0.05) is 27.6 Å². The number of benzene rings is 10. The third kappa shape index (κ3) is 6.06. The van der Waals surface area contributed by atoms with Gasteiger partial charge in [-0.3, -0.25) is 0 Å². The summed E-state index contributed by atoms with van der Waals surface area (Å²) in [5, 5.41) is 2.14. The third-order valence-corrected chi connectivity index (χ3v) is 16.3. The maximum absolute atomic E-state index is 7.57. The monoisotopic (exact) mass is 941 g/mol. The Hall–Kier alpha value is -8.40. The zero-order valence-corrected chi connectivity index (χ0v) is 42.1. The lowest BCUT2D eigenvalue weighted by Crippen LogP contribution is -2.33. The number of furan rings is 1. The number of ether oxygens (including phenoxy) is 1. The summed E-state index contributed by atoms with van der Waals surface area (Å²) >= 11 is 0. The number of hydrogen-bond donors (Lipinski definition) is 0. The van der Waals surface area contributed by atoms with Crippen molar-refractivity contribution in [3.63, 3.8) is 0 Å². The summed E-state index contributed by atoms with van der Waals surface area (Å²) in [4.78, 5) is 2.42. The third-order valence-electron chi connectivity index (χ3n) is 16.3. The number of nitrogens with zero attached hydrogens (tertiary/aromatic N) is 1. The first-order chi connectivity index (χ1) is 35.5. The average Bonchev–Trinajstić information content (AvgIpc) is 4.04. The molecule has 10 aromatic carbocycles. The van der Waals surface area contributed by atoms with E-state index in [1.807, 2.05) is 0 Å². The van der Waals surface area contributed by atoms with Crippen LogP contribution >= 0.6 is 0 Å². The average molecular weight is 942 g/mol. The van der Waals surface area contributed by atoms with Gasteiger partial charge in [-0.2, -0.15) is 0 Å². The quantitative estimate of drug-likeness (QED) is 0.172. The molecule has 3 nitrogen and oxygen atoms in total. The molecule has 0 unspecified atom stereocenters. The van der Waals surface area contributed by atoms with Crippen LogP contribution < -0.4 is 9.64 Å². The molecule has 2 aliphatic carbocycles. The Labute approximate surface area is 428 Å². The van der Waals surface area contributed by atoms with Crippen LogP contribution in [0.3, 0.4) is 0 Å². The second-order valence-corrected chi connectivity index (χ2v) is 22.4. The van der Waals surface area contributed by atoms with Crippen molar-refractivity contribution in [2.75, 3.05) is 4.90 Å². The highest BCUT2D eigenvalue weighted by Gasteiger charge is 2.53. The van der Waals surface area contributed by atoms with E-state index in [9.17, 15) is 0 Å². The van der Waals surface area contributed by atoms with Gasteiger partial charge in [0.2, 0.25) is 0 Å². The number of para-hydroxylation sites is 4. The number of anilines is 3. The largest absolute Gasteiger partial charge is 0.454 e.